The molecule has 0 radical (unpaired) electrons. The lowest BCUT2D eigenvalue weighted by molar-refractivity contribution is -0.132. The van der Waals surface area contributed by atoms with Crippen LogP contribution >= 0.6 is 0 Å². The molecule has 1 saturated carbocycles. The Balaban J connectivity index is 1.69. The second-order valence-corrected chi connectivity index (χ2v) is 6.96. The largest absolute Gasteiger partial charge is 0.344 e. The molecule has 1 atom stereocenters. The van der Waals surface area contributed by atoms with Crippen molar-refractivity contribution in [2.45, 2.75) is 58.9 Å². The van der Waals surface area contributed by atoms with Crippen LogP contribution in [0.15, 0.2) is 22.9 Å². The first-order chi connectivity index (χ1) is 11.5. The van der Waals surface area contributed by atoms with Crippen LogP contribution < -0.4 is 5.32 Å². The first-order valence-electron chi connectivity index (χ1n) is 8.55. The molecule has 1 aliphatic rings. The Morgan fingerprint density at radius 3 is 2.79 bits per heavy atom. The molecule has 0 bridgehead atoms. The fourth-order valence-electron chi connectivity index (χ4n) is 3.20. The molecule has 0 saturated heterocycles. The van der Waals surface area contributed by atoms with Gasteiger partial charge in [-0.05, 0) is 38.8 Å². The molecule has 24 heavy (non-hydrogen) atoms. The maximum atomic E-state index is 12.6. The molecule has 1 amide bonds. The van der Waals surface area contributed by atoms with Crippen LogP contribution in [-0.2, 0) is 4.79 Å². The number of rotatable bonds is 4. The third-order valence-corrected chi connectivity index (χ3v) is 4.82. The van der Waals surface area contributed by atoms with Gasteiger partial charge in [-0.3, -0.25) is 9.78 Å². The maximum absolute atomic E-state index is 12.6. The normalized spacial score (nSPS) is 18.1. The van der Waals surface area contributed by atoms with E-state index < -0.39 is 0 Å². The number of aromatic nitrogens is 3. The zero-order chi connectivity index (χ0) is 17.2. The molecule has 0 spiro atoms. The van der Waals surface area contributed by atoms with Gasteiger partial charge in [0.2, 0.25) is 17.6 Å². The van der Waals surface area contributed by atoms with E-state index in [-0.39, 0.29) is 17.4 Å². The van der Waals surface area contributed by atoms with Crippen LogP contribution in [0, 0.1) is 12.3 Å². The Bertz CT molecular complexity index is 719. The highest BCUT2D eigenvalue weighted by atomic mass is 16.5. The van der Waals surface area contributed by atoms with E-state index in [1.165, 1.54) is 6.42 Å². The number of aryl methyl sites for hydroxylation is 1. The predicted octanol–water partition coefficient (Wildman–Crippen LogP) is 3.59. The fourth-order valence-corrected chi connectivity index (χ4v) is 3.20. The molecule has 2 aromatic heterocycles. The molecule has 0 aromatic carbocycles. The van der Waals surface area contributed by atoms with Crippen LogP contribution in [0.3, 0.4) is 0 Å². The smallest absolute Gasteiger partial charge is 0.249 e. The van der Waals surface area contributed by atoms with Crippen molar-refractivity contribution >= 4 is 5.91 Å². The molecule has 3 rings (SSSR count). The van der Waals surface area contributed by atoms with Crippen LogP contribution in [0.25, 0.3) is 11.4 Å². The fraction of sp³-hybridized carbons (Fsp3) is 0.556. The van der Waals surface area contributed by atoms with Gasteiger partial charge in [0.15, 0.2) is 0 Å². The number of amides is 1. The Morgan fingerprint density at radius 2 is 2.08 bits per heavy atom. The summed E-state index contributed by atoms with van der Waals surface area (Å²) in [7, 11) is 0. The third kappa shape index (κ3) is 3.47. The van der Waals surface area contributed by atoms with Gasteiger partial charge in [-0.25, -0.2) is 0 Å². The molecule has 0 aliphatic heterocycles. The van der Waals surface area contributed by atoms with E-state index in [0.717, 1.165) is 36.9 Å². The van der Waals surface area contributed by atoms with Crippen molar-refractivity contribution in [1.29, 1.82) is 0 Å². The standard InChI is InChI=1S/C18H24N4O2/c1-12-11-14(7-10-19-12)15-21-16(24-22-15)13(2)20-17(23)18(3)8-5-4-6-9-18/h7,10-11,13H,4-6,8-9H2,1-3H3,(H,20,23)/t13-/m0/s1. The quantitative estimate of drug-likeness (QED) is 0.927. The van der Waals surface area contributed by atoms with Gasteiger partial charge in [0.25, 0.3) is 0 Å². The highest BCUT2D eigenvalue weighted by molar-refractivity contribution is 5.82. The molecule has 2 aromatic rings. The number of hydrogen-bond donors (Lipinski definition) is 1. The van der Waals surface area contributed by atoms with Crippen molar-refractivity contribution in [2.75, 3.05) is 0 Å². The minimum atomic E-state index is -0.305. The first-order valence-corrected chi connectivity index (χ1v) is 8.55. The topological polar surface area (TPSA) is 80.9 Å². The van der Waals surface area contributed by atoms with Crippen molar-refractivity contribution in [2.24, 2.45) is 5.41 Å². The Morgan fingerprint density at radius 1 is 1.33 bits per heavy atom. The molecule has 2 heterocycles. The number of carbonyl (C=O) groups excluding carboxylic acids is 1. The van der Waals surface area contributed by atoms with E-state index in [0.29, 0.717) is 11.7 Å². The number of nitrogens with zero attached hydrogens (tertiary/aromatic N) is 3. The minimum Gasteiger partial charge on any atom is -0.344 e. The molecule has 6 nitrogen and oxygen atoms in total. The molecular formula is C18H24N4O2. The van der Waals surface area contributed by atoms with Gasteiger partial charge in [0, 0.05) is 22.9 Å². The summed E-state index contributed by atoms with van der Waals surface area (Å²) in [6.07, 6.45) is 7.05. The number of nitrogens with one attached hydrogen (secondary N) is 1. The van der Waals surface area contributed by atoms with E-state index in [1.807, 2.05) is 32.9 Å². The number of pyridine rings is 1. The summed E-state index contributed by atoms with van der Waals surface area (Å²) in [5.41, 5.74) is 1.47. The van der Waals surface area contributed by atoms with Gasteiger partial charge in [-0.1, -0.05) is 31.3 Å². The molecular weight excluding hydrogens is 304 g/mol. The van der Waals surface area contributed by atoms with Gasteiger partial charge < -0.3 is 9.84 Å². The monoisotopic (exact) mass is 328 g/mol. The highest BCUT2D eigenvalue weighted by Crippen LogP contribution is 2.36. The molecule has 1 fully saturated rings. The summed E-state index contributed by atoms with van der Waals surface area (Å²) in [6.45, 7) is 5.84. The number of carbonyl (C=O) groups is 1. The van der Waals surface area contributed by atoms with E-state index in [4.69, 9.17) is 4.52 Å². The highest BCUT2D eigenvalue weighted by Gasteiger charge is 2.35. The van der Waals surface area contributed by atoms with E-state index in [9.17, 15) is 4.79 Å². The van der Waals surface area contributed by atoms with Crippen molar-refractivity contribution in [1.82, 2.24) is 20.4 Å². The van der Waals surface area contributed by atoms with Crippen molar-refractivity contribution < 1.29 is 9.32 Å². The lowest BCUT2D eigenvalue weighted by Crippen LogP contribution is -2.41. The van der Waals surface area contributed by atoms with E-state index in [1.54, 1.807) is 6.20 Å². The lowest BCUT2D eigenvalue weighted by Gasteiger charge is -2.32. The second-order valence-electron chi connectivity index (χ2n) is 6.96. The van der Waals surface area contributed by atoms with Crippen LogP contribution in [0.2, 0.25) is 0 Å². The van der Waals surface area contributed by atoms with Gasteiger partial charge in [0.05, 0.1) is 0 Å². The maximum Gasteiger partial charge on any atom is 0.249 e. The van der Waals surface area contributed by atoms with Crippen molar-refractivity contribution in [3.63, 3.8) is 0 Å². The minimum absolute atomic E-state index is 0.0780. The summed E-state index contributed by atoms with van der Waals surface area (Å²) < 4.78 is 5.35. The Kier molecular flexibility index (Phi) is 4.64. The SMILES string of the molecule is Cc1cc(-c2noc([C@H](C)NC(=O)C3(C)CCCCC3)n2)ccn1. The molecule has 0 unspecified atom stereocenters. The zero-order valence-corrected chi connectivity index (χ0v) is 14.5. The summed E-state index contributed by atoms with van der Waals surface area (Å²) in [5, 5.41) is 7.06. The number of hydrogen-bond acceptors (Lipinski definition) is 5. The van der Waals surface area contributed by atoms with Gasteiger partial charge in [0.1, 0.15) is 6.04 Å². The molecule has 6 heteroatoms. The van der Waals surface area contributed by atoms with E-state index >= 15 is 0 Å². The van der Waals surface area contributed by atoms with Crippen LogP contribution in [-0.4, -0.2) is 21.0 Å². The summed E-state index contributed by atoms with van der Waals surface area (Å²) in [4.78, 5) is 21.2. The Hall–Kier alpha value is -2.24. The first kappa shape index (κ1) is 16.6. The second kappa shape index (κ2) is 6.71. The van der Waals surface area contributed by atoms with Gasteiger partial charge in [-0.15, -0.1) is 0 Å². The van der Waals surface area contributed by atoms with Crippen molar-refractivity contribution in [3.05, 3.63) is 29.9 Å². The molecule has 1 aliphatic carbocycles. The van der Waals surface area contributed by atoms with Gasteiger partial charge >= 0.3 is 0 Å². The van der Waals surface area contributed by atoms with Crippen LogP contribution in [0.1, 0.15) is 63.6 Å². The lowest BCUT2D eigenvalue weighted by atomic mass is 9.75. The Labute approximate surface area is 142 Å². The van der Waals surface area contributed by atoms with Crippen molar-refractivity contribution in [3.8, 4) is 11.4 Å². The zero-order valence-electron chi connectivity index (χ0n) is 14.5. The van der Waals surface area contributed by atoms with Gasteiger partial charge in [-0.2, -0.15) is 4.98 Å². The molecule has 128 valence electrons. The predicted molar refractivity (Wildman–Crippen MR) is 90.0 cm³/mol. The summed E-state index contributed by atoms with van der Waals surface area (Å²) in [6, 6.07) is 3.44. The summed E-state index contributed by atoms with van der Waals surface area (Å²) in [5.74, 6) is 1.02. The molecule has 1 N–H and O–H groups in total. The van der Waals surface area contributed by atoms with E-state index in [2.05, 4.69) is 20.4 Å². The third-order valence-electron chi connectivity index (χ3n) is 4.82. The average Bonchev–Trinajstić information content (AvgIpc) is 3.05. The van der Waals surface area contributed by atoms with Crippen LogP contribution in [0.4, 0.5) is 0 Å². The average molecular weight is 328 g/mol. The van der Waals surface area contributed by atoms with Crippen LogP contribution in [0.5, 0.6) is 0 Å². The summed E-state index contributed by atoms with van der Waals surface area (Å²) >= 11 is 0.